The van der Waals surface area contributed by atoms with Crippen molar-refractivity contribution in [3.8, 4) is 0 Å². The lowest BCUT2D eigenvalue weighted by molar-refractivity contribution is -0.161. The third kappa shape index (κ3) is 4.84. The molecular formula is C8H8F2O3. The third-order valence-electron chi connectivity index (χ3n) is 0.992. The predicted octanol–water partition coefficient (Wildman–Crippen LogP) is 1.45. The monoisotopic (exact) mass is 190 g/mol. The highest BCUT2D eigenvalue weighted by Gasteiger charge is 2.18. The summed E-state index contributed by atoms with van der Waals surface area (Å²) in [4.78, 5) is 21.1. The molecule has 0 aromatic carbocycles. The molecule has 1 unspecified atom stereocenters. The number of hydrogen-bond donors (Lipinski definition) is 0. The number of carbonyl (C=O) groups excluding carboxylic acids is 2. The van der Waals surface area contributed by atoms with Crippen molar-refractivity contribution >= 4 is 11.9 Å². The van der Waals surface area contributed by atoms with E-state index in [1.54, 1.807) is 0 Å². The summed E-state index contributed by atoms with van der Waals surface area (Å²) in [5, 5.41) is 0. The van der Waals surface area contributed by atoms with Crippen LogP contribution >= 0.6 is 0 Å². The molecule has 0 saturated heterocycles. The van der Waals surface area contributed by atoms with Crippen LogP contribution in [0, 0.1) is 0 Å². The fourth-order valence-corrected chi connectivity index (χ4v) is 0.470. The molecule has 0 aromatic heterocycles. The molecule has 72 valence electrons. The summed E-state index contributed by atoms with van der Waals surface area (Å²) in [6.45, 7) is 3.21. The minimum atomic E-state index is -2.25. The zero-order valence-corrected chi connectivity index (χ0v) is 6.70. The predicted molar refractivity (Wildman–Crippen MR) is 41.1 cm³/mol. The largest absolute Gasteiger partial charge is 0.390 e. The molecule has 0 rings (SSSR count). The van der Waals surface area contributed by atoms with Crippen molar-refractivity contribution in [3.05, 3.63) is 25.1 Å². The Bertz CT molecular complexity index is 236. The Balaban J connectivity index is 3.99. The number of carbonyl (C=O) groups is 2. The molecule has 0 fully saturated rings. The van der Waals surface area contributed by atoms with E-state index in [0.29, 0.717) is 6.08 Å². The summed E-state index contributed by atoms with van der Waals surface area (Å²) in [6, 6.07) is 0. The van der Waals surface area contributed by atoms with Gasteiger partial charge in [0, 0.05) is 0 Å². The van der Waals surface area contributed by atoms with Crippen molar-refractivity contribution in [3.63, 3.8) is 0 Å². The van der Waals surface area contributed by atoms with Crippen LogP contribution in [0.25, 0.3) is 0 Å². The Morgan fingerprint density at radius 3 is 2.62 bits per heavy atom. The molecule has 1 atom stereocenters. The van der Waals surface area contributed by atoms with Crippen LogP contribution in [0.2, 0.25) is 0 Å². The number of rotatable bonds is 4. The molecule has 0 aromatic rings. The molecule has 0 amide bonds. The third-order valence-corrected chi connectivity index (χ3v) is 0.992. The smallest absolute Gasteiger partial charge is 0.352 e. The highest BCUT2D eigenvalue weighted by atomic mass is 19.1. The van der Waals surface area contributed by atoms with Crippen LogP contribution in [0.15, 0.2) is 25.1 Å². The maximum Gasteiger partial charge on any atom is 0.352 e. The van der Waals surface area contributed by atoms with Crippen molar-refractivity contribution in [1.29, 1.82) is 0 Å². The molecule has 0 bridgehead atoms. The maximum absolute atomic E-state index is 12.4. The van der Waals surface area contributed by atoms with E-state index in [4.69, 9.17) is 0 Å². The van der Waals surface area contributed by atoms with Gasteiger partial charge in [-0.2, -0.15) is 0 Å². The van der Waals surface area contributed by atoms with Gasteiger partial charge in [0.15, 0.2) is 0 Å². The topological polar surface area (TPSA) is 43.4 Å². The van der Waals surface area contributed by atoms with Gasteiger partial charge in [-0.3, -0.25) is 4.79 Å². The SMILES string of the molecule is C=CCC(=O)OC(=O)C(F)C=CF. The number of halogens is 2. The van der Waals surface area contributed by atoms with E-state index in [1.165, 1.54) is 6.08 Å². The Morgan fingerprint density at radius 2 is 2.15 bits per heavy atom. The van der Waals surface area contributed by atoms with Gasteiger partial charge in [-0.15, -0.1) is 6.58 Å². The number of hydrogen-bond acceptors (Lipinski definition) is 3. The molecule has 0 aliphatic rings. The van der Waals surface area contributed by atoms with E-state index in [0.717, 1.165) is 0 Å². The highest BCUT2D eigenvalue weighted by molar-refractivity contribution is 5.89. The van der Waals surface area contributed by atoms with Gasteiger partial charge in [0.1, 0.15) is 0 Å². The van der Waals surface area contributed by atoms with Gasteiger partial charge in [-0.25, -0.2) is 13.6 Å². The van der Waals surface area contributed by atoms with Crippen LogP contribution in [0.3, 0.4) is 0 Å². The molecule has 3 nitrogen and oxygen atoms in total. The van der Waals surface area contributed by atoms with Gasteiger partial charge in [0.25, 0.3) is 0 Å². The second-order valence-electron chi connectivity index (χ2n) is 2.01. The Morgan fingerprint density at radius 1 is 1.54 bits per heavy atom. The Labute approximate surface area is 73.7 Å². The Kier molecular flexibility index (Phi) is 5.34. The molecule has 0 saturated carbocycles. The second kappa shape index (κ2) is 6.05. The minimum absolute atomic E-state index is 0.135. The normalized spacial score (nSPS) is 12.5. The van der Waals surface area contributed by atoms with Crippen molar-refractivity contribution < 1.29 is 23.1 Å². The Hall–Kier alpha value is -1.52. The lowest BCUT2D eigenvalue weighted by Crippen LogP contribution is -2.20. The van der Waals surface area contributed by atoms with Crippen molar-refractivity contribution in [2.75, 3.05) is 0 Å². The van der Waals surface area contributed by atoms with E-state index < -0.39 is 18.1 Å². The molecule has 0 radical (unpaired) electrons. The van der Waals surface area contributed by atoms with Gasteiger partial charge in [-0.05, 0) is 6.08 Å². The zero-order valence-electron chi connectivity index (χ0n) is 6.70. The molecule has 0 N–H and O–H groups in total. The van der Waals surface area contributed by atoms with E-state index in [-0.39, 0.29) is 12.8 Å². The molecule has 13 heavy (non-hydrogen) atoms. The molecule has 0 aliphatic carbocycles. The van der Waals surface area contributed by atoms with Gasteiger partial charge in [0.05, 0.1) is 12.8 Å². The van der Waals surface area contributed by atoms with Crippen LogP contribution in [-0.4, -0.2) is 18.1 Å². The lowest BCUT2D eigenvalue weighted by Gasteiger charge is -2.01. The lowest BCUT2D eigenvalue weighted by atomic mass is 10.4. The number of esters is 2. The van der Waals surface area contributed by atoms with E-state index in [1.807, 2.05) is 0 Å². The zero-order chi connectivity index (χ0) is 10.3. The van der Waals surface area contributed by atoms with Crippen LogP contribution in [-0.2, 0) is 14.3 Å². The minimum Gasteiger partial charge on any atom is -0.390 e. The first-order valence-electron chi connectivity index (χ1n) is 3.38. The first kappa shape index (κ1) is 11.5. The quantitative estimate of drug-likeness (QED) is 0.383. The van der Waals surface area contributed by atoms with E-state index >= 15 is 0 Å². The van der Waals surface area contributed by atoms with Crippen molar-refractivity contribution in [2.24, 2.45) is 0 Å². The van der Waals surface area contributed by atoms with Gasteiger partial charge < -0.3 is 4.74 Å². The summed E-state index contributed by atoms with van der Waals surface area (Å²) in [5.74, 6) is -2.35. The maximum atomic E-state index is 12.4. The molecule has 5 heteroatoms. The van der Waals surface area contributed by atoms with E-state index in [2.05, 4.69) is 11.3 Å². The van der Waals surface area contributed by atoms with Crippen LogP contribution in [0.4, 0.5) is 8.78 Å². The van der Waals surface area contributed by atoms with Crippen molar-refractivity contribution in [2.45, 2.75) is 12.6 Å². The second-order valence-corrected chi connectivity index (χ2v) is 2.01. The van der Waals surface area contributed by atoms with E-state index in [9.17, 15) is 18.4 Å². The summed E-state index contributed by atoms with van der Waals surface area (Å²) in [6.07, 6.45) is -1.04. The van der Waals surface area contributed by atoms with Gasteiger partial charge in [-0.1, -0.05) is 6.08 Å². The summed E-state index contributed by atoms with van der Waals surface area (Å²) < 4.78 is 27.7. The highest BCUT2D eigenvalue weighted by Crippen LogP contribution is 1.99. The molecule has 0 heterocycles. The fraction of sp³-hybridized carbons (Fsp3) is 0.250. The summed E-state index contributed by atoms with van der Waals surface area (Å²) >= 11 is 0. The first-order chi connectivity index (χ1) is 6.11. The fourth-order valence-electron chi connectivity index (χ4n) is 0.470. The molecular weight excluding hydrogens is 182 g/mol. The number of alkyl halides is 1. The van der Waals surface area contributed by atoms with Gasteiger partial charge in [0.2, 0.25) is 6.17 Å². The van der Waals surface area contributed by atoms with Crippen LogP contribution < -0.4 is 0 Å². The van der Waals surface area contributed by atoms with Crippen LogP contribution in [0.5, 0.6) is 0 Å². The standard InChI is InChI=1S/C8H8F2O3/c1-2-3-7(11)13-8(12)6(10)4-5-9/h2,4-6H,1,3H2. The van der Waals surface area contributed by atoms with Crippen molar-refractivity contribution in [1.82, 2.24) is 0 Å². The van der Waals surface area contributed by atoms with Crippen LogP contribution in [0.1, 0.15) is 6.42 Å². The number of ether oxygens (including phenoxy) is 1. The summed E-state index contributed by atoms with van der Waals surface area (Å²) in [7, 11) is 0. The first-order valence-corrected chi connectivity index (χ1v) is 3.38. The molecule has 0 spiro atoms. The average molecular weight is 190 g/mol. The average Bonchev–Trinajstić information content (AvgIpc) is 2.05. The summed E-state index contributed by atoms with van der Waals surface area (Å²) in [5.41, 5.74) is 0. The molecule has 0 aliphatic heterocycles. The van der Waals surface area contributed by atoms with Gasteiger partial charge >= 0.3 is 11.9 Å².